The van der Waals surface area contributed by atoms with E-state index in [9.17, 15) is 18.8 Å². The summed E-state index contributed by atoms with van der Waals surface area (Å²) in [6.07, 6.45) is 1.12. The quantitative estimate of drug-likeness (QED) is 0.450. The summed E-state index contributed by atoms with van der Waals surface area (Å²) in [4.78, 5) is 34.2. The highest BCUT2D eigenvalue weighted by Crippen LogP contribution is 2.08. The van der Waals surface area contributed by atoms with Gasteiger partial charge in [-0.25, -0.2) is 14.6 Å². The van der Waals surface area contributed by atoms with Crippen molar-refractivity contribution < 1.29 is 23.9 Å². The van der Waals surface area contributed by atoms with Crippen molar-refractivity contribution in [2.45, 2.75) is 0 Å². The first-order valence-corrected chi connectivity index (χ1v) is 6.69. The van der Waals surface area contributed by atoms with Crippen molar-refractivity contribution in [2.75, 3.05) is 5.32 Å². The number of hydrogen-bond acceptors (Lipinski definition) is 4. The third-order valence-corrected chi connectivity index (χ3v) is 2.87. The van der Waals surface area contributed by atoms with E-state index >= 15 is 0 Å². The van der Waals surface area contributed by atoms with Crippen LogP contribution >= 0.6 is 0 Å². The number of rotatable bonds is 4. The zero-order valence-corrected chi connectivity index (χ0v) is 12.2. The summed E-state index contributed by atoms with van der Waals surface area (Å²) in [5.41, 5.74) is 2.50. The van der Waals surface area contributed by atoms with Crippen LogP contribution in [0.4, 0.5) is 10.1 Å². The predicted molar refractivity (Wildman–Crippen MR) is 84.2 cm³/mol. The molecule has 0 aliphatic heterocycles. The summed E-state index contributed by atoms with van der Waals surface area (Å²) in [5.74, 6) is -3.66. The average Bonchev–Trinajstić information content (AvgIpc) is 2.57. The Kier molecular flexibility index (Phi) is 5.35. The molecular formula is C16H12FN3O4. The van der Waals surface area contributed by atoms with Crippen molar-refractivity contribution in [3.8, 4) is 0 Å². The summed E-state index contributed by atoms with van der Waals surface area (Å²) in [5, 5.41) is 14.8. The first-order valence-electron chi connectivity index (χ1n) is 6.69. The lowest BCUT2D eigenvalue weighted by atomic mass is 10.1. The number of nitrogens with one attached hydrogen (secondary N) is 2. The molecule has 0 saturated carbocycles. The molecule has 2 amide bonds. The second-order valence-corrected chi connectivity index (χ2v) is 4.55. The highest BCUT2D eigenvalue weighted by atomic mass is 19.1. The second kappa shape index (κ2) is 7.63. The van der Waals surface area contributed by atoms with Crippen molar-refractivity contribution in [3.63, 3.8) is 0 Å². The van der Waals surface area contributed by atoms with E-state index in [0.29, 0.717) is 0 Å². The number of halogens is 1. The summed E-state index contributed by atoms with van der Waals surface area (Å²) >= 11 is 0. The smallest absolute Gasteiger partial charge is 0.336 e. The number of carbonyl (C=O) groups excluding carboxylic acids is 2. The van der Waals surface area contributed by atoms with Gasteiger partial charge in [0.15, 0.2) is 0 Å². The molecule has 8 heteroatoms. The highest BCUT2D eigenvalue weighted by Gasteiger charge is 2.13. The van der Waals surface area contributed by atoms with Crippen LogP contribution in [0.3, 0.4) is 0 Å². The maximum Gasteiger partial charge on any atom is 0.336 e. The summed E-state index contributed by atoms with van der Waals surface area (Å²) in [6, 6.07) is 10.9. The standard InChI is InChI=1S/C16H12FN3O4/c17-11-5-7-12(8-6-11)19-14(21)15(22)20-18-9-10-3-1-2-4-13(10)16(23)24/h1-9H,(H,19,21)(H,20,22)(H,23,24). The Morgan fingerprint density at radius 3 is 2.33 bits per heavy atom. The number of anilines is 1. The van der Waals surface area contributed by atoms with Crippen LogP contribution in [0.5, 0.6) is 0 Å². The van der Waals surface area contributed by atoms with Gasteiger partial charge in [-0.1, -0.05) is 18.2 Å². The number of aromatic carboxylic acids is 1. The number of benzene rings is 2. The van der Waals surface area contributed by atoms with Gasteiger partial charge in [-0.15, -0.1) is 0 Å². The molecule has 0 radical (unpaired) electrons. The fourth-order valence-electron chi connectivity index (χ4n) is 1.74. The molecule has 122 valence electrons. The van der Waals surface area contributed by atoms with Gasteiger partial charge < -0.3 is 10.4 Å². The fourth-order valence-corrected chi connectivity index (χ4v) is 1.74. The maximum atomic E-state index is 12.7. The van der Waals surface area contributed by atoms with Crippen molar-refractivity contribution in [1.29, 1.82) is 0 Å². The lowest BCUT2D eigenvalue weighted by molar-refractivity contribution is -0.136. The molecule has 0 spiro atoms. The number of hydrogen-bond donors (Lipinski definition) is 3. The molecule has 0 aromatic heterocycles. The van der Waals surface area contributed by atoms with Gasteiger partial charge in [-0.2, -0.15) is 5.10 Å². The number of nitrogens with zero attached hydrogens (tertiary/aromatic N) is 1. The predicted octanol–water partition coefficient (Wildman–Crippen LogP) is 1.61. The van der Waals surface area contributed by atoms with Crippen LogP contribution in [0.25, 0.3) is 0 Å². The molecule has 0 fully saturated rings. The van der Waals surface area contributed by atoms with Gasteiger partial charge in [-0.05, 0) is 30.3 Å². The Hall–Kier alpha value is -3.55. The zero-order valence-electron chi connectivity index (χ0n) is 12.2. The van der Waals surface area contributed by atoms with Gasteiger partial charge in [0.2, 0.25) is 0 Å². The van der Waals surface area contributed by atoms with Gasteiger partial charge in [-0.3, -0.25) is 9.59 Å². The molecule has 0 unspecified atom stereocenters. The number of hydrazone groups is 1. The molecule has 0 bridgehead atoms. The first-order chi connectivity index (χ1) is 11.5. The molecule has 0 atom stereocenters. The maximum absolute atomic E-state index is 12.7. The average molecular weight is 329 g/mol. The van der Waals surface area contributed by atoms with Gasteiger partial charge in [0.1, 0.15) is 5.82 Å². The largest absolute Gasteiger partial charge is 0.478 e. The third kappa shape index (κ3) is 4.47. The van der Waals surface area contributed by atoms with E-state index in [2.05, 4.69) is 10.4 Å². The van der Waals surface area contributed by atoms with E-state index in [4.69, 9.17) is 5.11 Å². The molecule has 0 heterocycles. The number of amides is 2. The fraction of sp³-hybridized carbons (Fsp3) is 0. The van der Waals surface area contributed by atoms with Crippen LogP contribution in [0.2, 0.25) is 0 Å². The highest BCUT2D eigenvalue weighted by molar-refractivity contribution is 6.39. The van der Waals surface area contributed by atoms with Crippen LogP contribution in [0.1, 0.15) is 15.9 Å². The van der Waals surface area contributed by atoms with Gasteiger partial charge in [0.05, 0.1) is 11.8 Å². The molecule has 24 heavy (non-hydrogen) atoms. The minimum atomic E-state index is -1.14. The molecule has 3 N–H and O–H groups in total. The Labute approximate surface area is 135 Å². The SMILES string of the molecule is O=C(NN=Cc1ccccc1C(=O)O)C(=O)Nc1ccc(F)cc1. The van der Waals surface area contributed by atoms with Crippen molar-refractivity contribution in [2.24, 2.45) is 5.10 Å². The molecule has 2 rings (SSSR count). The summed E-state index contributed by atoms with van der Waals surface area (Å²) < 4.78 is 12.7. The Morgan fingerprint density at radius 2 is 1.67 bits per heavy atom. The van der Waals surface area contributed by atoms with E-state index in [1.165, 1.54) is 24.3 Å². The minimum absolute atomic E-state index is 0.00580. The Bertz CT molecular complexity index is 803. The van der Waals surface area contributed by atoms with Crippen molar-refractivity contribution in [3.05, 3.63) is 65.5 Å². The summed E-state index contributed by atoms with van der Waals surface area (Å²) in [7, 11) is 0. The minimum Gasteiger partial charge on any atom is -0.478 e. The van der Waals surface area contributed by atoms with Crippen LogP contribution < -0.4 is 10.7 Å². The van der Waals surface area contributed by atoms with Crippen LogP contribution in [0, 0.1) is 5.82 Å². The topological polar surface area (TPSA) is 108 Å². The zero-order chi connectivity index (χ0) is 17.5. The van der Waals surface area contributed by atoms with Crippen molar-refractivity contribution in [1.82, 2.24) is 5.43 Å². The molecular weight excluding hydrogens is 317 g/mol. The van der Waals surface area contributed by atoms with Gasteiger partial charge in [0.25, 0.3) is 0 Å². The Balaban J connectivity index is 1.96. The summed E-state index contributed by atoms with van der Waals surface area (Å²) in [6.45, 7) is 0. The Morgan fingerprint density at radius 1 is 1.00 bits per heavy atom. The van der Waals surface area contributed by atoms with E-state index in [-0.39, 0.29) is 16.8 Å². The number of carboxylic acids is 1. The van der Waals surface area contributed by atoms with Crippen LogP contribution in [0.15, 0.2) is 53.6 Å². The first kappa shape index (κ1) is 16.8. The molecule has 2 aromatic carbocycles. The van der Waals surface area contributed by atoms with Crippen molar-refractivity contribution >= 4 is 29.7 Å². The van der Waals surface area contributed by atoms with Crippen LogP contribution in [-0.4, -0.2) is 29.1 Å². The molecule has 2 aromatic rings. The third-order valence-electron chi connectivity index (χ3n) is 2.87. The number of carbonyl (C=O) groups is 3. The molecule has 0 aliphatic rings. The number of carboxylic acid groups (broad SMARTS) is 1. The van der Waals surface area contributed by atoms with E-state index in [1.54, 1.807) is 12.1 Å². The lowest BCUT2D eigenvalue weighted by Gasteiger charge is -2.03. The normalized spacial score (nSPS) is 10.4. The lowest BCUT2D eigenvalue weighted by Crippen LogP contribution is -2.32. The second-order valence-electron chi connectivity index (χ2n) is 4.55. The van der Waals surface area contributed by atoms with Gasteiger partial charge in [0, 0.05) is 11.3 Å². The van der Waals surface area contributed by atoms with E-state index in [0.717, 1.165) is 18.3 Å². The van der Waals surface area contributed by atoms with E-state index < -0.39 is 23.6 Å². The molecule has 0 saturated heterocycles. The van der Waals surface area contributed by atoms with Gasteiger partial charge >= 0.3 is 17.8 Å². The van der Waals surface area contributed by atoms with Crippen LogP contribution in [-0.2, 0) is 9.59 Å². The molecule has 7 nitrogen and oxygen atoms in total. The monoisotopic (exact) mass is 329 g/mol. The van der Waals surface area contributed by atoms with E-state index in [1.807, 2.05) is 5.43 Å². The molecule has 0 aliphatic carbocycles.